The summed E-state index contributed by atoms with van der Waals surface area (Å²) in [6.07, 6.45) is 0.747. The molecule has 0 saturated carbocycles. The number of hydrogen-bond acceptors (Lipinski definition) is 4. The van der Waals surface area contributed by atoms with Crippen molar-refractivity contribution in [3.63, 3.8) is 0 Å². The standard InChI is InChI=1S/C24H23Cl3N2O3S2/c25-19-9-7-18(8-10-19)17-33-14-4-13-28-24(30)16-29(23-12-11-20(26)15-22(23)27)34(31,32)21-5-2-1-3-6-21/h1-3,5-12,15H,4,13-14,16-17H2,(H,28,30). The molecule has 0 fully saturated rings. The third-order valence-corrected chi connectivity index (χ3v) is 8.45. The summed E-state index contributed by atoms with van der Waals surface area (Å²) in [7, 11) is -4.03. The van der Waals surface area contributed by atoms with Crippen LogP contribution < -0.4 is 9.62 Å². The summed E-state index contributed by atoms with van der Waals surface area (Å²) in [5.41, 5.74) is 1.36. The summed E-state index contributed by atoms with van der Waals surface area (Å²) < 4.78 is 27.6. The molecule has 3 aromatic carbocycles. The molecule has 0 bridgehead atoms. The van der Waals surface area contributed by atoms with Crippen LogP contribution in [0.25, 0.3) is 0 Å². The van der Waals surface area contributed by atoms with Crippen molar-refractivity contribution in [2.75, 3.05) is 23.1 Å². The minimum atomic E-state index is -4.03. The molecule has 3 rings (SSSR count). The Morgan fingerprint density at radius 1 is 0.912 bits per heavy atom. The van der Waals surface area contributed by atoms with E-state index in [4.69, 9.17) is 34.8 Å². The second kappa shape index (κ2) is 12.7. The van der Waals surface area contributed by atoms with Crippen molar-refractivity contribution >= 4 is 68.2 Å². The van der Waals surface area contributed by atoms with Crippen molar-refractivity contribution in [1.82, 2.24) is 5.32 Å². The maximum atomic E-state index is 13.3. The van der Waals surface area contributed by atoms with Crippen molar-refractivity contribution in [2.24, 2.45) is 0 Å². The smallest absolute Gasteiger partial charge is 0.264 e. The topological polar surface area (TPSA) is 66.5 Å². The van der Waals surface area contributed by atoms with Gasteiger partial charge in [-0.25, -0.2) is 8.42 Å². The molecular weight excluding hydrogens is 535 g/mol. The highest BCUT2D eigenvalue weighted by Crippen LogP contribution is 2.32. The lowest BCUT2D eigenvalue weighted by Gasteiger charge is -2.25. The lowest BCUT2D eigenvalue weighted by atomic mass is 10.2. The van der Waals surface area contributed by atoms with Gasteiger partial charge in [-0.3, -0.25) is 9.10 Å². The molecule has 180 valence electrons. The van der Waals surface area contributed by atoms with Crippen LogP contribution in [0.4, 0.5) is 5.69 Å². The van der Waals surface area contributed by atoms with E-state index in [0.717, 1.165) is 22.2 Å². The zero-order valence-electron chi connectivity index (χ0n) is 18.1. The van der Waals surface area contributed by atoms with E-state index < -0.39 is 22.5 Å². The lowest BCUT2D eigenvalue weighted by molar-refractivity contribution is -0.119. The monoisotopic (exact) mass is 556 g/mol. The highest BCUT2D eigenvalue weighted by Gasteiger charge is 2.28. The SMILES string of the molecule is O=C(CN(c1ccc(Cl)cc1Cl)S(=O)(=O)c1ccccc1)NCCCSCc1ccc(Cl)cc1. The van der Waals surface area contributed by atoms with Crippen LogP contribution >= 0.6 is 46.6 Å². The summed E-state index contributed by atoms with van der Waals surface area (Å²) in [5.74, 6) is 1.27. The van der Waals surface area contributed by atoms with Crippen LogP contribution in [0.2, 0.25) is 15.1 Å². The third kappa shape index (κ3) is 7.55. The van der Waals surface area contributed by atoms with Crippen molar-refractivity contribution in [3.8, 4) is 0 Å². The molecular formula is C24H23Cl3N2O3S2. The highest BCUT2D eigenvalue weighted by atomic mass is 35.5. The van der Waals surface area contributed by atoms with Gasteiger partial charge in [0.05, 0.1) is 15.6 Å². The molecule has 0 radical (unpaired) electrons. The van der Waals surface area contributed by atoms with Gasteiger partial charge in [0.2, 0.25) is 5.91 Å². The lowest BCUT2D eigenvalue weighted by Crippen LogP contribution is -2.41. The summed E-state index contributed by atoms with van der Waals surface area (Å²) in [6.45, 7) is 0.0243. The molecule has 10 heteroatoms. The zero-order valence-corrected chi connectivity index (χ0v) is 22.0. The van der Waals surface area contributed by atoms with Crippen molar-refractivity contribution in [3.05, 3.63) is 93.4 Å². The molecule has 0 heterocycles. The number of benzene rings is 3. The van der Waals surface area contributed by atoms with E-state index in [1.54, 1.807) is 30.0 Å². The fourth-order valence-electron chi connectivity index (χ4n) is 3.06. The Morgan fingerprint density at radius 2 is 1.59 bits per heavy atom. The first-order chi connectivity index (χ1) is 16.3. The van der Waals surface area contributed by atoms with Gasteiger partial charge in [0, 0.05) is 22.3 Å². The van der Waals surface area contributed by atoms with Gasteiger partial charge in [0.15, 0.2) is 0 Å². The number of nitrogens with one attached hydrogen (secondary N) is 1. The van der Waals surface area contributed by atoms with Crippen LogP contribution in [0.1, 0.15) is 12.0 Å². The van der Waals surface area contributed by atoms with Gasteiger partial charge in [-0.05, 0) is 60.2 Å². The molecule has 34 heavy (non-hydrogen) atoms. The number of amides is 1. The molecule has 0 aliphatic rings. The minimum Gasteiger partial charge on any atom is -0.354 e. The van der Waals surface area contributed by atoms with Crippen molar-refractivity contribution in [1.29, 1.82) is 0 Å². The van der Waals surface area contributed by atoms with E-state index in [1.807, 2.05) is 24.3 Å². The molecule has 0 aliphatic carbocycles. The Bertz CT molecular complexity index is 1210. The van der Waals surface area contributed by atoms with Crippen LogP contribution in [0.5, 0.6) is 0 Å². The van der Waals surface area contributed by atoms with Gasteiger partial charge in [-0.1, -0.05) is 65.1 Å². The van der Waals surface area contributed by atoms with E-state index in [9.17, 15) is 13.2 Å². The van der Waals surface area contributed by atoms with Gasteiger partial charge in [0.1, 0.15) is 6.54 Å². The van der Waals surface area contributed by atoms with E-state index in [-0.39, 0.29) is 15.6 Å². The van der Waals surface area contributed by atoms with Gasteiger partial charge in [0.25, 0.3) is 10.0 Å². The molecule has 0 atom stereocenters. The number of thioether (sulfide) groups is 1. The first-order valence-corrected chi connectivity index (χ1v) is 14.1. The number of carbonyl (C=O) groups is 1. The summed E-state index contributed by atoms with van der Waals surface area (Å²) in [5, 5.41) is 4.01. The van der Waals surface area contributed by atoms with Crippen molar-refractivity contribution in [2.45, 2.75) is 17.1 Å². The molecule has 0 unspecified atom stereocenters. The second-order valence-corrected chi connectivity index (χ2v) is 11.6. The highest BCUT2D eigenvalue weighted by molar-refractivity contribution is 7.98. The van der Waals surface area contributed by atoms with Gasteiger partial charge < -0.3 is 5.32 Å². The fourth-order valence-corrected chi connectivity index (χ4v) is 6.13. The minimum absolute atomic E-state index is 0.0624. The van der Waals surface area contributed by atoms with Crippen molar-refractivity contribution < 1.29 is 13.2 Å². The van der Waals surface area contributed by atoms with Crippen LogP contribution in [0, 0.1) is 0 Å². The predicted octanol–water partition coefficient (Wildman–Crippen LogP) is 6.28. The van der Waals surface area contributed by atoms with E-state index in [2.05, 4.69) is 5.32 Å². The first-order valence-electron chi connectivity index (χ1n) is 10.4. The average molecular weight is 558 g/mol. The Kier molecular flexibility index (Phi) is 9.97. The molecule has 1 N–H and O–H groups in total. The molecule has 5 nitrogen and oxygen atoms in total. The number of rotatable bonds is 11. The van der Waals surface area contributed by atoms with Crippen LogP contribution in [0.3, 0.4) is 0 Å². The van der Waals surface area contributed by atoms with Gasteiger partial charge in [-0.15, -0.1) is 0 Å². The van der Waals surface area contributed by atoms with Gasteiger partial charge in [-0.2, -0.15) is 11.8 Å². The van der Waals surface area contributed by atoms with E-state index in [0.29, 0.717) is 16.6 Å². The zero-order chi connectivity index (χ0) is 24.6. The van der Waals surface area contributed by atoms with Crippen LogP contribution in [-0.2, 0) is 20.6 Å². The Balaban J connectivity index is 1.60. The molecule has 0 aromatic heterocycles. The number of hydrogen-bond donors (Lipinski definition) is 1. The largest absolute Gasteiger partial charge is 0.354 e. The maximum Gasteiger partial charge on any atom is 0.264 e. The second-order valence-electron chi connectivity index (χ2n) is 7.30. The quantitative estimate of drug-likeness (QED) is 0.282. The van der Waals surface area contributed by atoms with E-state index in [1.165, 1.54) is 35.9 Å². The Morgan fingerprint density at radius 3 is 2.26 bits per heavy atom. The summed E-state index contributed by atoms with van der Waals surface area (Å²) in [4.78, 5) is 12.7. The van der Waals surface area contributed by atoms with Crippen LogP contribution in [-0.4, -0.2) is 33.2 Å². The molecule has 0 aliphatic heterocycles. The Hall–Kier alpha value is -1.90. The fraction of sp³-hybridized carbons (Fsp3) is 0.208. The Labute approximate surface area is 219 Å². The average Bonchev–Trinajstić information content (AvgIpc) is 2.82. The van der Waals surface area contributed by atoms with E-state index >= 15 is 0 Å². The maximum absolute atomic E-state index is 13.3. The normalized spacial score (nSPS) is 11.3. The molecule has 0 spiro atoms. The summed E-state index contributed by atoms with van der Waals surface area (Å²) >= 11 is 19.9. The molecule has 0 saturated heterocycles. The third-order valence-electron chi connectivity index (χ3n) is 4.77. The predicted molar refractivity (Wildman–Crippen MR) is 143 cm³/mol. The van der Waals surface area contributed by atoms with Crippen LogP contribution in [0.15, 0.2) is 77.7 Å². The summed E-state index contributed by atoms with van der Waals surface area (Å²) in [6, 6.07) is 20.1. The first kappa shape index (κ1) is 26.7. The van der Waals surface area contributed by atoms with Gasteiger partial charge >= 0.3 is 0 Å². The number of sulfonamides is 1. The number of anilines is 1. The number of carbonyl (C=O) groups excluding carboxylic acids is 1. The molecule has 3 aromatic rings. The molecule has 1 amide bonds. The number of nitrogens with zero attached hydrogens (tertiary/aromatic N) is 1. The number of halogens is 3.